The number of piperidine rings is 1. The van der Waals surface area contributed by atoms with E-state index in [9.17, 15) is 9.65 Å². The quantitative estimate of drug-likeness (QED) is 0.364. The summed E-state index contributed by atoms with van der Waals surface area (Å²) < 4.78 is 14.0. The standard InChI is InChI=1S/C23H26FN5.HI/c1-26-23(28-21-13-19(21)18-9-3-4-10-20(18)24)27-17-8-6-12-29(15-17)22-11-5-2-7-16(22)14-25;/h2-5,7,9-11,17,19,21H,6,8,12-13,15H2,1H3,(H2,26,27,28);1H. The van der Waals surface area contributed by atoms with E-state index in [4.69, 9.17) is 0 Å². The Kier molecular flexibility index (Phi) is 7.53. The Morgan fingerprint density at radius 3 is 2.70 bits per heavy atom. The minimum Gasteiger partial charge on any atom is -0.368 e. The lowest BCUT2D eigenvalue weighted by Gasteiger charge is -2.35. The average Bonchev–Trinajstić information content (AvgIpc) is 3.52. The maximum Gasteiger partial charge on any atom is 0.191 e. The second-order valence-corrected chi connectivity index (χ2v) is 7.75. The summed E-state index contributed by atoms with van der Waals surface area (Å²) in [6.45, 7) is 1.77. The van der Waals surface area contributed by atoms with Crippen LogP contribution in [0.2, 0.25) is 0 Å². The van der Waals surface area contributed by atoms with E-state index in [2.05, 4.69) is 26.6 Å². The van der Waals surface area contributed by atoms with Crippen molar-refractivity contribution >= 4 is 35.6 Å². The first-order valence-electron chi connectivity index (χ1n) is 10.2. The number of hydrogen-bond acceptors (Lipinski definition) is 3. The van der Waals surface area contributed by atoms with Gasteiger partial charge in [0, 0.05) is 38.1 Å². The maximum atomic E-state index is 14.0. The van der Waals surface area contributed by atoms with Gasteiger partial charge in [-0.2, -0.15) is 5.26 Å². The zero-order chi connectivity index (χ0) is 20.2. The van der Waals surface area contributed by atoms with Gasteiger partial charge < -0.3 is 15.5 Å². The van der Waals surface area contributed by atoms with E-state index >= 15 is 0 Å². The molecule has 30 heavy (non-hydrogen) atoms. The molecular weight excluding hydrogens is 492 g/mol. The van der Waals surface area contributed by atoms with Crippen LogP contribution in [0.3, 0.4) is 0 Å². The molecule has 0 radical (unpaired) electrons. The Morgan fingerprint density at radius 1 is 1.17 bits per heavy atom. The van der Waals surface area contributed by atoms with E-state index in [0.29, 0.717) is 5.56 Å². The molecule has 2 aliphatic rings. The third-order valence-corrected chi connectivity index (χ3v) is 5.77. The molecule has 7 heteroatoms. The Balaban J connectivity index is 0.00000256. The molecule has 1 aliphatic carbocycles. The molecule has 4 rings (SSSR count). The molecule has 1 saturated carbocycles. The normalized spacial score (nSPS) is 23.2. The Bertz CT molecular complexity index is 941. The van der Waals surface area contributed by atoms with Crippen molar-refractivity contribution in [1.82, 2.24) is 10.6 Å². The molecule has 3 atom stereocenters. The van der Waals surface area contributed by atoms with E-state index in [0.717, 1.165) is 49.6 Å². The SMILES string of the molecule is CN=C(NC1CCCN(c2ccccc2C#N)C1)NC1CC1c1ccccc1F.I. The second kappa shape index (κ2) is 10.1. The molecule has 1 aliphatic heterocycles. The highest BCUT2D eigenvalue weighted by atomic mass is 127. The summed E-state index contributed by atoms with van der Waals surface area (Å²) in [5.74, 6) is 0.818. The Morgan fingerprint density at radius 2 is 1.93 bits per heavy atom. The third-order valence-electron chi connectivity index (χ3n) is 5.77. The molecule has 5 nitrogen and oxygen atoms in total. The van der Waals surface area contributed by atoms with Crippen LogP contribution in [0.5, 0.6) is 0 Å². The number of nitriles is 1. The van der Waals surface area contributed by atoms with Crippen molar-refractivity contribution < 1.29 is 4.39 Å². The van der Waals surface area contributed by atoms with Gasteiger partial charge in [-0.05, 0) is 43.0 Å². The summed E-state index contributed by atoms with van der Waals surface area (Å²) >= 11 is 0. The van der Waals surface area contributed by atoms with Crippen molar-refractivity contribution in [3.63, 3.8) is 0 Å². The van der Waals surface area contributed by atoms with Crippen LogP contribution in [0.15, 0.2) is 53.5 Å². The second-order valence-electron chi connectivity index (χ2n) is 7.75. The van der Waals surface area contributed by atoms with Gasteiger partial charge in [0.1, 0.15) is 11.9 Å². The van der Waals surface area contributed by atoms with E-state index < -0.39 is 0 Å². The average molecular weight is 519 g/mol. The molecule has 0 bridgehead atoms. The minimum atomic E-state index is -0.135. The van der Waals surface area contributed by atoms with Gasteiger partial charge in [-0.15, -0.1) is 24.0 Å². The fourth-order valence-electron chi connectivity index (χ4n) is 4.17. The fraction of sp³-hybridized carbons (Fsp3) is 0.391. The molecule has 2 aromatic rings. The number of hydrogen-bond donors (Lipinski definition) is 2. The predicted molar refractivity (Wildman–Crippen MR) is 129 cm³/mol. The molecule has 2 aromatic carbocycles. The predicted octanol–water partition coefficient (Wildman–Crippen LogP) is 4.01. The highest BCUT2D eigenvalue weighted by Gasteiger charge is 2.40. The van der Waals surface area contributed by atoms with Gasteiger partial charge in [-0.25, -0.2) is 4.39 Å². The zero-order valence-electron chi connectivity index (χ0n) is 17.0. The maximum absolute atomic E-state index is 14.0. The van der Waals surface area contributed by atoms with Crippen LogP contribution in [-0.2, 0) is 0 Å². The Labute approximate surface area is 194 Å². The molecule has 2 fully saturated rings. The van der Waals surface area contributed by atoms with Crippen LogP contribution in [0.25, 0.3) is 0 Å². The van der Waals surface area contributed by atoms with Crippen molar-refractivity contribution in [2.24, 2.45) is 4.99 Å². The number of para-hydroxylation sites is 1. The largest absolute Gasteiger partial charge is 0.368 e. The summed E-state index contributed by atoms with van der Waals surface area (Å²) in [5, 5.41) is 16.4. The fourth-order valence-corrected chi connectivity index (χ4v) is 4.17. The topological polar surface area (TPSA) is 63.5 Å². The van der Waals surface area contributed by atoms with E-state index in [1.165, 1.54) is 6.07 Å². The van der Waals surface area contributed by atoms with Crippen LogP contribution >= 0.6 is 24.0 Å². The lowest BCUT2D eigenvalue weighted by molar-refractivity contribution is 0.467. The molecule has 2 N–H and O–H groups in total. The third kappa shape index (κ3) is 5.04. The number of anilines is 1. The van der Waals surface area contributed by atoms with Crippen LogP contribution < -0.4 is 15.5 Å². The van der Waals surface area contributed by atoms with Crippen molar-refractivity contribution in [3.8, 4) is 6.07 Å². The van der Waals surface area contributed by atoms with Gasteiger partial charge in [-0.3, -0.25) is 4.99 Å². The highest BCUT2D eigenvalue weighted by molar-refractivity contribution is 14.0. The van der Waals surface area contributed by atoms with Crippen LogP contribution in [-0.4, -0.2) is 38.2 Å². The van der Waals surface area contributed by atoms with Gasteiger partial charge >= 0.3 is 0 Å². The number of rotatable bonds is 4. The monoisotopic (exact) mass is 519 g/mol. The first-order valence-corrected chi connectivity index (χ1v) is 10.2. The van der Waals surface area contributed by atoms with Crippen molar-refractivity contribution in [1.29, 1.82) is 5.26 Å². The molecule has 1 saturated heterocycles. The van der Waals surface area contributed by atoms with Gasteiger partial charge in [-0.1, -0.05) is 30.3 Å². The molecule has 0 aromatic heterocycles. The van der Waals surface area contributed by atoms with E-state index in [-0.39, 0.29) is 47.8 Å². The van der Waals surface area contributed by atoms with E-state index in [1.54, 1.807) is 13.1 Å². The molecule has 1 heterocycles. The summed E-state index contributed by atoms with van der Waals surface area (Å²) in [5.41, 5.74) is 2.48. The van der Waals surface area contributed by atoms with Crippen molar-refractivity contribution in [2.45, 2.75) is 37.3 Å². The van der Waals surface area contributed by atoms with Crippen molar-refractivity contribution in [2.75, 3.05) is 25.0 Å². The molecule has 0 spiro atoms. The van der Waals surface area contributed by atoms with Gasteiger partial charge in [0.2, 0.25) is 0 Å². The number of nitrogens with zero attached hydrogens (tertiary/aromatic N) is 3. The number of halogens is 2. The summed E-state index contributed by atoms with van der Waals surface area (Å²) in [7, 11) is 1.77. The van der Waals surface area contributed by atoms with Crippen LogP contribution in [0.4, 0.5) is 10.1 Å². The number of benzene rings is 2. The molecule has 3 unspecified atom stereocenters. The summed E-state index contributed by atoms with van der Waals surface area (Å²) in [6, 6.07) is 17.5. The lowest BCUT2D eigenvalue weighted by atomic mass is 10.0. The highest BCUT2D eigenvalue weighted by Crippen LogP contribution is 2.41. The lowest BCUT2D eigenvalue weighted by Crippen LogP contribution is -2.51. The first kappa shape index (κ1) is 22.3. The van der Waals surface area contributed by atoms with Crippen LogP contribution in [0.1, 0.15) is 36.3 Å². The van der Waals surface area contributed by atoms with E-state index in [1.807, 2.05) is 36.4 Å². The molecule has 158 valence electrons. The zero-order valence-corrected chi connectivity index (χ0v) is 19.3. The Hall–Kier alpha value is -2.34. The number of guanidine groups is 1. The van der Waals surface area contributed by atoms with Gasteiger partial charge in [0.05, 0.1) is 11.3 Å². The molecule has 0 amide bonds. The van der Waals surface area contributed by atoms with Gasteiger partial charge in [0.15, 0.2) is 5.96 Å². The van der Waals surface area contributed by atoms with Crippen molar-refractivity contribution in [3.05, 3.63) is 65.5 Å². The van der Waals surface area contributed by atoms with Crippen LogP contribution in [0, 0.1) is 17.1 Å². The number of nitrogens with one attached hydrogen (secondary N) is 2. The molecular formula is C23H27FIN5. The van der Waals surface area contributed by atoms with Gasteiger partial charge in [0.25, 0.3) is 0 Å². The summed E-state index contributed by atoms with van der Waals surface area (Å²) in [6.07, 6.45) is 3.01. The first-order chi connectivity index (χ1) is 14.2. The smallest absolute Gasteiger partial charge is 0.191 e. The number of aliphatic imine (C=N–C) groups is 1. The minimum absolute atomic E-state index is 0. The summed E-state index contributed by atoms with van der Waals surface area (Å²) in [4.78, 5) is 6.64.